The van der Waals surface area contributed by atoms with Gasteiger partial charge in [-0.05, 0) is 29.7 Å². The Balaban J connectivity index is 2.30. The number of fused-ring (bicyclic) bond motifs is 1. The summed E-state index contributed by atoms with van der Waals surface area (Å²) in [6, 6.07) is 7.02. The van der Waals surface area contributed by atoms with Gasteiger partial charge < -0.3 is 15.2 Å². The molecule has 2 aromatic rings. The average molecular weight is 413 g/mol. The number of methoxy groups -OCH3 is 1. The molecule has 1 unspecified atom stereocenters. The van der Waals surface area contributed by atoms with E-state index in [9.17, 15) is 24.5 Å². The zero-order chi connectivity index (χ0) is 22.4. The zero-order valence-electron chi connectivity index (χ0n) is 16.9. The Morgan fingerprint density at radius 3 is 2.33 bits per heavy atom. The Morgan fingerprint density at radius 1 is 1.17 bits per heavy atom. The molecule has 0 heterocycles. The van der Waals surface area contributed by atoms with Crippen molar-refractivity contribution in [1.29, 1.82) is 0 Å². The van der Waals surface area contributed by atoms with E-state index in [1.54, 1.807) is 12.1 Å². The maximum Gasteiger partial charge on any atom is 0.322 e. The predicted molar refractivity (Wildman–Crippen MR) is 108 cm³/mol. The first-order valence-corrected chi connectivity index (χ1v) is 9.16. The lowest BCUT2D eigenvalue weighted by molar-refractivity contribution is -0.385. The topological polar surface area (TPSA) is 139 Å². The van der Waals surface area contributed by atoms with Gasteiger partial charge in [-0.25, -0.2) is 0 Å². The fraction of sp³-hybridized carbons (Fsp3) is 0.286. The molecule has 1 amide bonds. The van der Waals surface area contributed by atoms with E-state index in [2.05, 4.69) is 5.32 Å². The largest absolute Gasteiger partial charge is 0.496 e. The van der Waals surface area contributed by atoms with Crippen LogP contribution in [0.15, 0.2) is 30.3 Å². The van der Waals surface area contributed by atoms with E-state index in [1.807, 2.05) is 13.8 Å². The third-order valence-electron chi connectivity index (χ3n) is 5.12. The van der Waals surface area contributed by atoms with Crippen LogP contribution in [0.25, 0.3) is 0 Å². The van der Waals surface area contributed by atoms with E-state index in [4.69, 9.17) is 9.84 Å². The van der Waals surface area contributed by atoms with E-state index in [0.29, 0.717) is 0 Å². The van der Waals surface area contributed by atoms with Crippen molar-refractivity contribution in [1.82, 2.24) is 0 Å². The standard InChI is InChI=1S/C21H20N2O7/c1-10(2)12-5-6-13(16(9-12)30-4)21(27)19(25)17-14(22-11(3)24)7-8-15(23(28)29)18(17)20(21)26/h5-10,27H,1-4H3,(H,22,24)/p+1. The summed E-state index contributed by atoms with van der Waals surface area (Å²) in [5, 5.41) is 22.8. The van der Waals surface area contributed by atoms with Gasteiger partial charge in [0.1, 0.15) is 11.3 Å². The molecule has 0 aliphatic heterocycles. The first-order chi connectivity index (χ1) is 14.0. The van der Waals surface area contributed by atoms with Gasteiger partial charge in [-0.1, -0.05) is 19.9 Å². The van der Waals surface area contributed by atoms with Crippen molar-refractivity contribution in [3.8, 4) is 5.75 Å². The second-order valence-electron chi connectivity index (χ2n) is 7.34. The summed E-state index contributed by atoms with van der Waals surface area (Å²) >= 11 is 0. The van der Waals surface area contributed by atoms with E-state index in [1.165, 1.54) is 26.2 Å². The molecule has 156 valence electrons. The van der Waals surface area contributed by atoms with Crippen molar-refractivity contribution < 1.29 is 29.2 Å². The van der Waals surface area contributed by atoms with Crippen LogP contribution < -0.4 is 10.1 Å². The number of amides is 1. The highest BCUT2D eigenvalue weighted by atomic mass is 16.6. The van der Waals surface area contributed by atoms with Crippen molar-refractivity contribution in [2.75, 3.05) is 12.4 Å². The number of nitro benzene ring substituents is 1. The number of carbonyl (C=O) groups excluding carboxylic acids is 3. The second kappa shape index (κ2) is 7.34. The van der Waals surface area contributed by atoms with E-state index < -0.39 is 39.2 Å². The summed E-state index contributed by atoms with van der Waals surface area (Å²) in [7, 11) is 1.36. The number of benzene rings is 2. The second-order valence-corrected chi connectivity index (χ2v) is 7.34. The van der Waals surface area contributed by atoms with Crippen LogP contribution in [0.4, 0.5) is 11.4 Å². The molecule has 3 N–H and O–H groups in total. The monoisotopic (exact) mass is 413 g/mol. The van der Waals surface area contributed by atoms with Gasteiger partial charge in [0.25, 0.3) is 17.3 Å². The van der Waals surface area contributed by atoms with Crippen LogP contribution in [0.5, 0.6) is 5.75 Å². The Bertz CT molecular complexity index is 1110. The van der Waals surface area contributed by atoms with Gasteiger partial charge in [0.05, 0.1) is 28.8 Å². The van der Waals surface area contributed by atoms with Gasteiger partial charge >= 0.3 is 5.60 Å². The zero-order valence-corrected chi connectivity index (χ0v) is 16.9. The summed E-state index contributed by atoms with van der Waals surface area (Å²) in [6.45, 7) is 5.11. The number of nitrogens with zero attached hydrogens (tertiary/aromatic N) is 1. The highest BCUT2D eigenvalue weighted by molar-refractivity contribution is 6.35. The lowest BCUT2D eigenvalue weighted by Gasteiger charge is -2.19. The molecule has 1 atom stereocenters. The number of nitro groups is 1. The number of rotatable bonds is 5. The van der Waals surface area contributed by atoms with Crippen LogP contribution in [0.1, 0.15) is 58.5 Å². The molecule has 2 aromatic carbocycles. The third-order valence-corrected chi connectivity index (χ3v) is 5.12. The van der Waals surface area contributed by atoms with Crippen molar-refractivity contribution >= 4 is 28.8 Å². The van der Waals surface area contributed by atoms with Crippen molar-refractivity contribution in [3.05, 3.63) is 62.7 Å². The molecule has 0 bridgehead atoms. The fourth-order valence-electron chi connectivity index (χ4n) is 3.60. The first-order valence-electron chi connectivity index (χ1n) is 9.16. The van der Waals surface area contributed by atoms with Gasteiger partial charge in [0.2, 0.25) is 5.91 Å². The average Bonchev–Trinajstić information content (AvgIpc) is 2.89. The van der Waals surface area contributed by atoms with Crippen LogP contribution in [0, 0.1) is 10.1 Å². The number of anilines is 1. The summed E-state index contributed by atoms with van der Waals surface area (Å²) < 4.78 is 5.35. The molecule has 0 saturated heterocycles. The van der Waals surface area contributed by atoms with E-state index >= 15 is 0 Å². The van der Waals surface area contributed by atoms with Crippen LogP contribution in [-0.2, 0) is 10.4 Å². The molecule has 0 fully saturated rings. The van der Waals surface area contributed by atoms with E-state index in [0.717, 1.165) is 11.6 Å². The number of ketones is 2. The summed E-state index contributed by atoms with van der Waals surface area (Å²) in [5.41, 5.74) is -3.07. The number of hydrogen-bond acceptors (Lipinski definition) is 6. The third kappa shape index (κ3) is 3.03. The van der Waals surface area contributed by atoms with Gasteiger partial charge in [0.15, 0.2) is 0 Å². The molecule has 30 heavy (non-hydrogen) atoms. The molecule has 0 saturated carbocycles. The highest BCUT2D eigenvalue weighted by Crippen LogP contribution is 2.47. The summed E-state index contributed by atoms with van der Waals surface area (Å²) in [5.74, 6) is -2.21. The Labute approximate surface area is 171 Å². The minimum Gasteiger partial charge on any atom is -0.496 e. The fourth-order valence-corrected chi connectivity index (χ4v) is 3.60. The van der Waals surface area contributed by atoms with Crippen LogP contribution in [0.3, 0.4) is 0 Å². The maximum atomic E-state index is 13.4. The molecule has 9 nitrogen and oxygen atoms in total. The summed E-state index contributed by atoms with van der Waals surface area (Å²) in [6.07, 6.45) is 0. The quantitative estimate of drug-likeness (QED) is 0.346. The number of hydrogen-bond donors (Lipinski definition) is 1. The van der Waals surface area contributed by atoms with Crippen molar-refractivity contribution in [2.24, 2.45) is 0 Å². The Kier molecular flexibility index (Phi) is 5.17. The number of nitrogens with one attached hydrogen (secondary N) is 1. The Hall–Kier alpha value is -3.59. The first kappa shape index (κ1) is 21.1. The highest BCUT2D eigenvalue weighted by Gasteiger charge is 2.62. The molecule has 0 aromatic heterocycles. The van der Waals surface area contributed by atoms with Crippen molar-refractivity contribution in [2.45, 2.75) is 32.3 Å². The molecule has 3 rings (SSSR count). The lowest BCUT2D eigenvalue weighted by atomic mass is 9.86. The Morgan fingerprint density at radius 2 is 1.80 bits per heavy atom. The molecule has 1 aliphatic rings. The minimum absolute atomic E-state index is 0.0105. The molecule has 0 radical (unpaired) electrons. The maximum absolute atomic E-state index is 13.4. The SMILES string of the molecule is COc1cc(C(C)C)ccc1C1([OH2+])C(=O)c2c(NC(C)=O)ccc([N+](=O)[O-])c2C1=O. The minimum atomic E-state index is -2.47. The van der Waals surface area contributed by atoms with Gasteiger partial charge in [-0.15, -0.1) is 0 Å². The van der Waals surface area contributed by atoms with Crippen LogP contribution in [0.2, 0.25) is 0 Å². The molecular weight excluding hydrogens is 392 g/mol. The lowest BCUT2D eigenvalue weighted by Crippen LogP contribution is -2.38. The predicted octanol–water partition coefficient (Wildman–Crippen LogP) is 2.68. The molecule has 1 aliphatic carbocycles. The van der Waals surface area contributed by atoms with Crippen LogP contribution in [-0.4, -0.2) is 34.6 Å². The molecule has 9 heteroatoms. The normalized spacial score (nSPS) is 17.8. The number of Topliss-reactive ketones (excluding diaryl/α,β-unsaturated/α-hetero) is 2. The molecular formula is C21H21N2O7+. The van der Waals surface area contributed by atoms with Gasteiger partial charge in [-0.2, -0.15) is 0 Å². The number of carbonyl (C=O) groups is 3. The summed E-state index contributed by atoms with van der Waals surface area (Å²) in [4.78, 5) is 48.9. The number of ether oxygens (including phenoxy) is 1. The van der Waals surface area contributed by atoms with Gasteiger partial charge in [0, 0.05) is 13.0 Å². The smallest absolute Gasteiger partial charge is 0.322 e. The van der Waals surface area contributed by atoms with Gasteiger partial charge in [-0.3, -0.25) is 24.5 Å². The molecule has 0 spiro atoms. The van der Waals surface area contributed by atoms with E-state index in [-0.39, 0.29) is 28.5 Å². The van der Waals surface area contributed by atoms with Crippen molar-refractivity contribution in [3.63, 3.8) is 0 Å². The van der Waals surface area contributed by atoms with Crippen LogP contribution >= 0.6 is 0 Å².